The summed E-state index contributed by atoms with van der Waals surface area (Å²) in [6, 6.07) is 12.2. The number of para-hydroxylation sites is 1. The van der Waals surface area contributed by atoms with Crippen molar-refractivity contribution >= 4 is 56.6 Å². The van der Waals surface area contributed by atoms with Gasteiger partial charge in [0.05, 0.1) is 27.7 Å². The number of halogens is 3. The van der Waals surface area contributed by atoms with E-state index in [1.165, 1.54) is 4.90 Å². The molecule has 3 aliphatic rings. The van der Waals surface area contributed by atoms with Gasteiger partial charge in [-0.15, -0.1) is 0 Å². The Balaban J connectivity index is 1.62. The minimum Gasteiger partial charge on any atom is -0.274 e. The third-order valence-electron chi connectivity index (χ3n) is 5.78. The van der Waals surface area contributed by atoms with Crippen molar-refractivity contribution in [2.45, 2.75) is 18.5 Å². The van der Waals surface area contributed by atoms with Crippen molar-refractivity contribution in [1.29, 1.82) is 0 Å². The molecule has 0 aromatic heterocycles. The highest BCUT2D eigenvalue weighted by Crippen LogP contribution is 2.50. The SMILES string of the molecule is O=C1[C@@H]2[C@@H](C(=O)N1c1c(Cl)cccc1Cl)N1CCCN1[C@@H]2c1ccc(Br)cc1. The average Bonchev–Trinajstić information content (AvgIpc) is 3.30. The lowest BCUT2D eigenvalue weighted by atomic mass is 9.90. The summed E-state index contributed by atoms with van der Waals surface area (Å²) in [5, 5.41) is 4.84. The molecule has 5 nitrogen and oxygen atoms in total. The number of rotatable bonds is 2. The van der Waals surface area contributed by atoms with Crippen LogP contribution >= 0.6 is 39.1 Å². The molecule has 28 heavy (non-hydrogen) atoms. The lowest BCUT2D eigenvalue weighted by Gasteiger charge is -2.30. The fourth-order valence-corrected chi connectivity index (χ4v) is 5.53. The lowest BCUT2D eigenvalue weighted by Crippen LogP contribution is -2.44. The first-order valence-corrected chi connectivity index (χ1v) is 10.6. The van der Waals surface area contributed by atoms with Crippen LogP contribution in [0.4, 0.5) is 5.69 Å². The lowest BCUT2D eigenvalue weighted by molar-refractivity contribution is -0.126. The van der Waals surface area contributed by atoms with Gasteiger partial charge in [0.2, 0.25) is 5.91 Å². The van der Waals surface area contributed by atoms with Gasteiger partial charge in [0.15, 0.2) is 0 Å². The van der Waals surface area contributed by atoms with Crippen molar-refractivity contribution in [3.05, 3.63) is 62.5 Å². The first kappa shape index (κ1) is 18.6. The second-order valence-electron chi connectivity index (χ2n) is 7.23. The highest BCUT2D eigenvalue weighted by molar-refractivity contribution is 9.10. The molecule has 0 N–H and O–H groups in total. The number of fused-ring (bicyclic) bond motifs is 3. The molecule has 0 bridgehead atoms. The van der Waals surface area contributed by atoms with Gasteiger partial charge >= 0.3 is 0 Å². The Hall–Kier alpha value is -1.44. The molecular formula is C20H16BrCl2N3O2. The monoisotopic (exact) mass is 479 g/mol. The van der Waals surface area contributed by atoms with Gasteiger partial charge in [0.1, 0.15) is 6.04 Å². The third-order valence-corrected chi connectivity index (χ3v) is 6.92. The van der Waals surface area contributed by atoms with E-state index in [9.17, 15) is 9.59 Å². The Labute approximate surface area is 180 Å². The summed E-state index contributed by atoms with van der Waals surface area (Å²) in [5.41, 5.74) is 1.31. The fourth-order valence-electron chi connectivity index (χ4n) is 4.70. The van der Waals surface area contributed by atoms with Crippen molar-refractivity contribution in [2.24, 2.45) is 5.92 Å². The number of anilines is 1. The van der Waals surface area contributed by atoms with E-state index in [1.54, 1.807) is 18.2 Å². The smallest absolute Gasteiger partial charge is 0.253 e. The predicted octanol–water partition coefficient (Wildman–Crippen LogP) is 4.29. The van der Waals surface area contributed by atoms with Crippen molar-refractivity contribution < 1.29 is 9.59 Å². The summed E-state index contributed by atoms with van der Waals surface area (Å²) in [7, 11) is 0. The van der Waals surface area contributed by atoms with Gasteiger partial charge in [0, 0.05) is 17.6 Å². The molecule has 0 saturated carbocycles. The molecule has 8 heteroatoms. The fraction of sp³-hybridized carbons (Fsp3) is 0.300. The molecule has 144 valence electrons. The van der Waals surface area contributed by atoms with Gasteiger partial charge in [-0.2, -0.15) is 0 Å². The van der Waals surface area contributed by atoms with Crippen LogP contribution in [-0.2, 0) is 9.59 Å². The van der Waals surface area contributed by atoms with E-state index in [1.807, 2.05) is 24.3 Å². The van der Waals surface area contributed by atoms with Crippen molar-refractivity contribution in [3.63, 3.8) is 0 Å². The van der Waals surface area contributed by atoms with Crippen molar-refractivity contribution in [2.75, 3.05) is 18.0 Å². The zero-order chi connectivity index (χ0) is 19.6. The van der Waals surface area contributed by atoms with Crippen LogP contribution in [0, 0.1) is 5.92 Å². The van der Waals surface area contributed by atoms with Crippen molar-refractivity contribution in [1.82, 2.24) is 10.0 Å². The van der Waals surface area contributed by atoms with Gasteiger partial charge in [-0.1, -0.05) is 57.3 Å². The Bertz CT molecular complexity index is 964. The molecule has 0 spiro atoms. The molecule has 3 aliphatic heterocycles. The summed E-state index contributed by atoms with van der Waals surface area (Å²) in [6.07, 6.45) is 0.963. The molecule has 3 saturated heterocycles. The molecule has 2 amide bonds. The van der Waals surface area contributed by atoms with E-state index in [0.717, 1.165) is 29.5 Å². The number of amides is 2. The van der Waals surface area contributed by atoms with Gasteiger partial charge in [-0.25, -0.2) is 14.9 Å². The number of imide groups is 1. The van der Waals surface area contributed by atoms with Crippen molar-refractivity contribution in [3.8, 4) is 0 Å². The van der Waals surface area contributed by atoms with E-state index in [4.69, 9.17) is 23.2 Å². The van der Waals surface area contributed by atoms with E-state index < -0.39 is 12.0 Å². The largest absolute Gasteiger partial charge is 0.274 e. The first-order valence-electron chi connectivity index (χ1n) is 9.09. The number of hydrogen-bond donors (Lipinski definition) is 0. The van der Waals surface area contributed by atoms with Gasteiger partial charge < -0.3 is 0 Å². The number of benzene rings is 2. The minimum atomic E-state index is -0.518. The summed E-state index contributed by atoms with van der Waals surface area (Å²) in [5.74, 6) is -0.981. The van der Waals surface area contributed by atoms with Crippen LogP contribution in [0.25, 0.3) is 0 Å². The molecule has 3 fully saturated rings. The summed E-state index contributed by atoms with van der Waals surface area (Å²) < 4.78 is 0.974. The zero-order valence-electron chi connectivity index (χ0n) is 14.7. The van der Waals surface area contributed by atoms with E-state index >= 15 is 0 Å². The normalized spacial score (nSPS) is 27.5. The summed E-state index contributed by atoms with van der Waals surface area (Å²) in [6.45, 7) is 1.60. The molecule has 3 heterocycles. The number of hydrogen-bond acceptors (Lipinski definition) is 4. The molecule has 0 aliphatic carbocycles. The molecule has 0 radical (unpaired) electrons. The highest BCUT2D eigenvalue weighted by Gasteiger charge is 2.63. The van der Waals surface area contributed by atoms with Gasteiger partial charge in [-0.3, -0.25) is 9.59 Å². The number of nitrogens with zero attached hydrogens (tertiary/aromatic N) is 3. The topological polar surface area (TPSA) is 43.9 Å². The Morgan fingerprint density at radius 1 is 0.857 bits per heavy atom. The quantitative estimate of drug-likeness (QED) is 0.601. The second-order valence-corrected chi connectivity index (χ2v) is 8.96. The number of carbonyl (C=O) groups excluding carboxylic acids is 2. The van der Waals surface area contributed by atoms with Crippen LogP contribution in [0.5, 0.6) is 0 Å². The molecule has 3 atom stereocenters. The number of hydrazine groups is 1. The first-order chi connectivity index (χ1) is 13.5. The van der Waals surface area contributed by atoms with Crippen LogP contribution in [-0.4, -0.2) is 41.0 Å². The third kappa shape index (κ3) is 2.59. The maximum absolute atomic E-state index is 13.5. The molecule has 0 unspecified atom stereocenters. The van der Waals surface area contributed by atoms with Crippen LogP contribution in [0.15, 0.2) is 46.9 Å². The number of carbonyl (C=O) groups is 2. The van der Waals surface area contributed by atoms with Crippen LogP contribution < -0.4 is 4.90 Å². The summed E-state index contributed by atoms with van der Waals surface area (Å²) >= 11 is 16.1. The average molecular weight is 481 g/mol. The van der Waals surface area contributed by atoms with Crippen LogP contribution in [0.3, 0.4) is 0 Å². The maximum atomic E-state index is 13.5. The molecule has 2 aromatic carbocycles. The van der Waals surface area contributed by atoms with Crippen LogP contribution in [0.1, 0.15) is 18.0 Å². The zero-order valence-corrected chi connectivity index (χ0v) is 17.8. The van der Waals surface area contributed by atoms with Gasteiger partial charge in [-0.05, 0) is 36.2 Å². The predicted molar refractivity (Wildman–Crippen MR) is 111 cm³/mol. The Morgan fingerprint density at radius 2 is 1.46 bits per heavy atom. The second kappa shape index (κ2) is 6.82. The van der Waals surface area contributed by atoms with E-state index in [-0.39, 0.29) is 23.5 Å². The molecule has 2 aromatic rings. The molecular weight excluding hydrogens is 465 g/mol. The standard InChI is InChI=1S/C20H16BrCl2N3O2/c21-12-7-5-11(6-8-12)16-15-18(25-10-2-9-24(16)25)20(28)26(19(15)27)17-13(22)3-1-4-14(17)23/h1,3-8,15-16,18H,2,9-10H2/t15-,16+,18-/m0/s1. The van der Waals surface area contributed by atoms with Crippen LogP contribution in [0.2, 0.25) is 10.0 Å². The Morgan fingerprint density at radius 3 is 2.11 bits per heavy atom. The highest BCUT2D eigenvalue weighted by atomic mass is 79.9. The van der Waals surface area contributed by atoms with Gasteiger partial charge in [0.25, 0.3) is 5.91 Å². The summed E-state index contributed by atoms with van der Waals surface area (Å²) in [4.78, 5) is 28.1. The van der Waals surface area contributed by atoms with E-state index in [2.05, 4.69) is 25.9 Å². The Kier molecular flexibility index (Phi) is 4.52. The van der Waals surface area contributed by atoms with E-state index in [0.29, 0.717) is 10.0 Å². The minimum absolute atomic E-state index is 0.177. The molecule has 5 rings (SSSR count). The maximum Gasteiger partial charge on any atom is 0.253 e.